The van der Waals surface area contributed by atoms with E-state index in [4.69, 9.17) is 19.9 Å². The SMILES string of the molecule is c1ccc2c(c1)Cc1c-2ccc2c1-c1cc3c(cc1C2)c1cnccc1n1c2ccccc2nc31.c1ccc2c(c1)Cc1c-2ccc2c1Cc1cc3c4cnccc4n4c5ccccc5nc4c3cc1-2.c1ccc2c(c1)Cc1cc3c(cc1-2)-c1cc2c(cc1C3)c1cnccc1n1c3ccccc3nc21.c1ccc2c(c1)Cc1ccc3c(c1-2)-c1cc2c(cc1C3)c1cnccc1n1c3ccccc3nc21. The zero-order valence-corrected chi connectivity index (χ0v) is 75.7. The lowest BCUT2D eigenvalue weighted by molar-refractivity contribution is 1.16. The Bertz CT molecular complexity index is 10600. The fourth-order valence-corrected chi connectivity index (χ4v) is 26.4. The Morgan fingerprint density at radius 1 is 0.157 bits per heavy atom. The van der Waals surface area contributed by atoms with Crippen molar-refractivity contribution in [3.8, 4) is 89.0 Å². The van der Waals surface area contributed by atoms with Crippen LogP contribution in [-0.2, 0) is 51.4 Å². The van der Waals surface area contributed by atoms with Gasteiger partial charge >= 0.3 is 0 Å². The van der Waals surface area contributed by atoms with E-state index in [2.05, 4.69) is 353 Å². The van der Waals surface area contributed by atoms with Crippen molar-refractivity contribution in [2.45, 2.75) is 51.4 Å². The van der Waals surface area contributed by atoms with E-state index in [9.17, 15) is 0 Å². The van der Waals surface area contributed by atoms with Gasteiger partial charge in [0.25, 0.3) is 0 Å². The highest BCUT2D eigenvalue weighted by Crippen LogP contribution is 2.56. The number of hydrogen-bond donors (Lipinski definition) is 0. The molecule has 8 aliphatic carbocycles. The number of hydrogen-bond acceptors (Lipinski definition) is 8. The summed E-state index contributed by atoms with van der Waals surface area (Å²) in [5.74, 6) is 0. The van der Waals surface area contributed by atoms with Crippen LogP contribution >= 0.6 is 0 Å². The summed E-state index contributed by atoms with van der Waals surface area (Å²) in [5, 5.41) is 14.4. The van der Waals surface area contributed by atoms with E-state index >= 15 is 0 Å². The highest BCUT2D eigenvalue weighted by Gasteiger charge is 2.36. The molecule has 36 rings (SSSR count). The third-order valence-corrected chi connectivity index (χ3v) is 32.4. The minimum absolute atomic E-state index is 0.972. The third kappa shape index (κ3) is 10.4. The fraction of sp³-hybridized carbons (Fsp3) is 0.0625. The summed E-state index contributed by atoms with van der Waals surface area (Å²) in [4.78, 5) is 38.5. The van der Waals surface area contributed by atoms with Crippen LogP contribution in [0.15, 0.2) is 365 Å². The van der Waals surface area contributed by atoms with Crippen LogP contribution in [-0.4, -0.2) is 57.5 Å². The molecule has 0 aliphatic heterocycles. The van der Waals surface area contributed by atoms with Crippen molar-refractivity contribution < 1.29 is 0 Å². The van der Waals surface area contributed by atoms with Crippen LogP contribution in [0.1, 0.15) is 89.0 Å². The van der Waals surface area contributed by atoms with Gasteiger partial charge in [-0.2, -0.15) is 0 Å². The quantitative estimate of drug-likeness (QED) is 0.138. The monoisotopic (exact) mass is 1780 g/mol. The second-order valence-corrected chi connectivity index (χ2v) is 39.4. The van der Waals surface area contributed by atoms with E-state index in [0.717, 1.165) is 140 Å². The maximum atomic E-state index is 5.13. The Labute approximate surface area is 799 Å². The Balaban J connectivity index is 0.0000000829. The summed E-state index contributed by atoms with van der Waals surface area (Å²) in [6.45, 7) is 0. The number of nitrogens with zero attached hydrogens (tertiary/aromatic N) is 12. The summed E-state index contributed by atoms with van der Waals surface area (Å²) >= 11 is 0. The molecule has 28 aromatic rings. The van der Waals surface area contributed by atoms with E-state index in [0.29, 0.717) is 0 Å². The zero-order chi connectivity index (χ0) is 90.7. The van der Waals surface area contributed by atoms with E-state index in [1.165, 1.54) is 243 Å². The fourth-order valence-electron chi connectivity index (χ4n) is 26.4. The van der Waals surface area contributed by atoms with Crippen molar-refractivity contribution in [2.75, 3.05) is 0 Å². The first-order chi connectivity index (χ1) is 69.4. The highest BCUT2D eigenvalue weighted by molar-refractivity contribution is 6.21. The molecule has 0 radical (unpaired) electrons. The molecule has 0 spiro atoms. The van der Waals surface area contributed by atoms with Crippen LogP contribution in [0.5, 0.6) is 0 Å². The van der Waals surface area contributed by atoms with Gasteiger partial charge in [0.15, 0.2) is 0 Å². The van der Waals surface area contributed by atoms with Crippen LogP contribution in [0.3, 0.4) is 0 Å². The molecule has 0 N–H and O–H groups in total. The minimum atomic E-state index is 0.972. The number of imidazole rings is 4. The molecule has 12 nitrogen and oxygen atoms in total. The van der Waals surface area contributed by atoms with Crippen molar-refractivity contribution in [3.63, 3.8) is 0 Å². The van der Waals surface area contributed by atoms with Gasteiger partial charge in [0.05, 0.1) is 66.2 Å². The molecule has 0 bridgehead atoms. The molecule has 0 atom stereocenters. The number of fused-ring (bicyclic) bond motifs is 59. The predicted octanol–water partition coefficient (Wildman–Crippen LogP) is 29.3. The lowest BCUT2D eigenvalue weighted by Crippen LogP contribution is -1.94. The molecule has 16 aromatic carbocycles. The van der Waals surface area contributed by atoms with Gasteiger partial charge in [-0.1, -0.05) is 188 Å². The predicted molar refractivity (Wildman–Crippen MR) is 568 cm³/mol. The van der Waals surface area contributed by atoms with E-state index in [-0.39, 0.29) is 0 Å². The summed E-state index contributed by atoms with van der Waals surface area (Å²) in [6, 6.07) is 116. The Morgan fingerprint density at radius 3 is 0.886 bits per heavy atom. The van der Waals surface area contributed by atoms with Gasteiger partial charge in [0.2, 0.25) is 0 Å². The standard InChI is InChI=1S/4C32H19N3/c1-2-6-22-18(5-1)11-19-12-20-13-21-14-26-27(16-25(21)24(20)15-23(19)22)32-34-29-7-3-4-8-31(29)35(32)30-9-10-33-17-28(26)30;1-2-6-21-18(5-1)14-25-22(21)10-9-19-13-20-15-24-26(16-23(20)31(19)25)32-34-28-7-3-4-8-30(28)35(32)29-11-12-33-17-27(24)29;1-2-6-20-18(5-1)13-24-21(20)9-10-22-23-16-27-26(15-19(23)14-25(22)24)28-17-33-12-11-30(28)35-31-8-4-3-7-29(31)34-32(27)35;1-2-6-22-18(5-1)13-19-9-10-20-14-21-15-24-25(16-23(21)31(20)30(19)22)32-34-27-7-3-4-8-29(27)35(32)28-11-12-33-17-26(24)28/h1-10,12,14-17H,11,13H2;3*1-12,15-17H,13-14H2. The van der Waals surface area contributed by atoms with Crippen LogP contribution in [0.25, 0.3) is 242 Å². The largest absolute Gasteiger partial charge is 0.292 e. The summed E-state index contributed by atoms with van der Waals surface area (Å²) < 4.78 is 9.22. The topological polar surface area (TPSA) is 121 Å². The molecular formula is C128H76N12. The average Bonchev–Trinajstić information content (AvgIpc) is 1.55. The maximum absolute atomic E-state index is 5.13. The first-order valence-corrected chi connectivity index (χ1v) is 48.7. The van der Waals surface area contributed by atoms with Gasteiger partial charge in [0.1, 0.15) is 22.6 Å². The summed E-state index contributed by atoms with van der Waals surface area (Å²) in [6.07, 6.45) is 23.6. The van der Waals surface area contributed by atoms with Crippen molar-refractivity contribution in [3.05, 3.63) is 454 Å². The van der Waals surface area contributed by atoms with Gasteiger partial charge in [-0.3, -0.25) is 37.5 Å². The molecule has 0 amide bonds. The number of pyridine rings is 8. The first-order valence-electron chi connectivity index (χ1n) is 48.7. The molecule has 12 aromatic heterocycles. The molecule has 0 unspecified atom stereocenters. The smallest absolute Gasteiger partial charge is 0.146 e. The highest BCUT2D eigenvalue weighted by atomic mass is 15.0. The van der Waals surface area contributed by atoms with Gasteiger partial charge in [-0.15, -0.1) is 0 Å². The van der Waals surface area contributed by atoms with Gasteiger partial charge in [-0.25, -0.2) is 19.9 Å². The Hall–Kier alpha value is -18.0. The molecule has 12 heteroatoms. The first kappa shape index (κ1) is 75.3. The molecule has 8 aliphatic rings. The Morgan fingerprint density at radius 2 is 0.429 bits per heavy atom. The third-order valence-electron chi connectivity index (χ3n) is 32.4. The number of para-hydroxylation sites is 8. The van der Waals surface area contributed by atoms with Crippen LogP contribution in [0.2, 0.25) is 0 Å². The molecule has 0 fully saturated rings. The molecule has 140 heavy (non-hydrogen) atoms. The molecule has 0 saturated carbocycles. The number of benzene rings is 16. The van der Waals surface area contributed by atoms with Crippen LogP contribution in [0, 0.1) is 0 Å². The molecular weight excluding hydrogens is 1710 g/mol. The van der Waals surface area contributed by atoms with Gasteiger partial charge in [0, 0.05) is 92.7 Å². The lowest BCUT2D eigenvalue weighted by atomic mass is 9.92. The van der Waals surface area contributed by atoms with Crippen molar-refractivity contribution >= 4 is 153 Å². The second-order valence-electron chi connectivity index (χ2n) is 39.4. The van der Waals surface area contributed by atoms with Crippen LogP contribution < -0.4 is 0 Å². The normalized spacial score (nSPS) is 13.5. The second kappa shape index (κ2) is 27.9. The Kier molecular flexibility index (Phi) is 15.0. The maximum Gasteiger partial charge on any atom is 0.146 e. The van der Waals surface area contributed by atoms with Crippen molar-refractivity contribution in [1.82, 2.24) is 57.5 Å². The van der Waals surface area contributed by atoms with Gasteiger partial charge in [-0.05, 0) is 378 Å². The van der Waals surface area contributed by atoms with Crippen LogP contribution in [0.4, 0.5) is 0 Å². The zero-order valence-electron chi connectivity index (χ0n) is 75.7. The molecule has 648 valence electrons. The molecule has 0 saturated heterocycles. The van der Waals surface area contributed by atoms with E-state index in [1.54, 1.807) is 0 Å². The lowest BCUT2D eigenvalue weighted by Gasteiger charge is -2.13. The van der Waals surface area contributed by atoms with Gasteiger partial charge < -0.3 is 0 Å². The summed E-state index contributed by atoms with van der Waals surface area (Å²) in [7, 11) is 0. The van der Waals surface area contributed by atoms with E-state index < -0.39 is 0 Å². The molecule has 12 heterocycles. The van der Waals surface area contributed by atoms with Crippen molar-refractivity contribution in [1.29, 1.82) is 0 Å². The number of rotatable bonds is 0. The summed E-state index contributed by atoms with van der Waals surface area (Å²) in [5.41, 5.74) is 62.6. The number of aromatic nitrogens is 12. The average molecular weight is 1780 g/mol. The minimum Gasteiger partial charge on any atom is -0.292 e. The van der Waals surface area contributed by atoms with E-state index in [1.807, 2.05) is 49.6 Å². The van der Waals surface area contributed by atoms with Crippen molar-refractivity contribution in [2.24, 2.45) is 0 Å².